The van der Waals surface area contributed by atoms with Gasteiger partial charge in [-0.15, -0.1) is 0 Å². The van der Waals surface area contributed by atoms with E-state index < -0.39 is 0 Å². The molecule has 0 aliphatic rings. The predicted octanol–water partition coefficient (Wildman–Crippen LogP) is 1.55. The topological polar surface area (TPSA) is 80.8 Å². The van der Waals surface area contributed by atoms with Crippen molar-refractivity contribution in [1.29, 1.82) is 0 Å². The van der Waals surface area contributed by atoms with Gasteiger partial charge in [0.1, 0.15) is 5.75 Å². The van der Waals surface area contributed by atoms with E-state index in [9.17, 15) is 9.90 Å². The molecule has 1 aromatic carbocycles. The van der Waals surface area contributed by atoms with Crippen LogP contribution in [-0.4, -0.2) is 71.9 Å². The molecule has 0 atom stereocenters. The molecule has 0 unspecified atom stereocenters. The van der Waals surface area contributed by atoms with Gasteiger partial charge in [-0.2, -0.15) is 0 Å². The molecule has 1 aromatic heterocycles. The van der Waals surface area contributed by atoms with Crippen LogP contribution >= 0.6 is 12.2 Å². The van der Waals surface area contributed by atoms with E-state index in [2.05, 4.69) is 15.2 Å². The van der Waals surface area contributed by atoms with Gasteiger partial charge in [-0.3, -0.25) is 4.79 Å². The second-order valence-corrected chi connectivity index (χ2v) is 7.23. The molecule has 0 saturated heterocycles. The molecule has 0 radical (unpaired) electrons. The zero-order valence-electron chi connectivity index (χ0n) is 16.8. The SMILES string of the molecule is CCOc1ccc2[nH]c(=O)c(CN(CCO)C(=S)NCCCN(C)C)cc2c1. The second-order valence-electron chi connectivity index (χ2n) is 6.84. The van der Waals surface area contributed by atoms with Crippen LogP contribution in [0.1, 0.15) is 18.9 Å². The Balaban J connectivity index is 2.14. The van der Waals surface area contributed by atoms with E-state index in [-0.39, 0.29) is 12.2 Å². The summed E-state index contributed by atoms with van der Waals surface area (Å²) in [4.78, 5) is 19.3. The molecular formula is C20H30N4O3S. The molecule has 1 heterocycles. The van der Waals surface area contributed by atoms with Crippen molar-refractivity contribution in [3.63, 3.8) is 0 Å². The standard InChI is InChI=1S/C20H30N4O3S/c1-4-27-17-6-7-18-15(13-17)12-16(19(26)22-18)14-24(10-11-25)20(28)21-8-5-9-23(2)3/h6-7,12-13,25H,4-5,8-11,14H2,1-3H3,(H,21,28)(H,22,26). The summed E-state index contributed by atoms with van der Waals surface area (Å²) in [5, 5.41) is 14.1. The average Bonchev–Trinajstić information content (AvgIpc) is 2.65. The van der Waals surface area contributed by atoms with Crippen LogP contribution in [-0.2, 0) is 6.54 Å². The first-order valence-corrected chi connectivity index (χ1v) is 9.92. The fourth-order valence-corrected chi connectivity index (χ4v) is 3.14. The summed E-state index contributed by atoms with van der Waals surface area (Å²) in [5.74, 6) is 0.762. The van der Waals surface area contributed by atoms with Gasteiger partial charge in [0, 0.05) is 29.6 Å². The highest BCUT2D eigenvalue weighted by atomic mass is 32.1. The Bertz CT molecular complexity index is 838. The molecule has 154 valence electrons. The summed E-state index contributed by atoms with van der Waals surface area (Å²) in [6.07, 6.45) is 0.955. The van der Waals surface area contributed by atoms with Crippen LogP contribution in [0.2, 0.25) is 0 Å². The van der Waals surface area contributed by atoms with Crippen molar-refractivity contribution in [2.75, 3.05) is 46.9 Å². The van der Waals surface area contributed by atoms with Crippen molar-refractivity contribution < 1.29 is 9.84 Å². The van der Waals surface area contributed by atoms with Gasteiger partial charge in [-0.05, 0) is 70.5 Å². The summed E-state index contributed by atoms with van der Waals surface area (Å²) in [7, 11) is 4.05. The highest BCUT2D eigenvalue weighted by molar-refractivity contribution is 7.80. The number of aliphatic hydroxyl groups is 1. The zero-order chi connectivity index (χ0) is 20.5. The quantitative estimate of drug-likeness (QED) is 0.408. The van der Waals surface area contributed by atoms with Gasteiger partial charge in [0.05, 0.1) is 19.8 Å². The molecular weight excluding hydrogens is 376 g/mol. The number of rotatable bonds is 10. The molecule has 8 heteroatoms. The van der Waals surface area contributed by atoms with Crippen LogP contribution in [0.5, 0.6) is 5.75 Å². The smallest absolute Gasteiger partial charge is 0.253 e. The van der Waals surface area contributed by atoms with E-state index in [4.69, 9.17) is 17.0 Å². The Morgan fingerprint density at radius 3 is 2.75 bits per heavy atom. The Morgan fingerprint density at radius 1 is 1.29 bits per heavy atom. The van der Waals surface area contributed by atoms with Crippen molar-refractivity contribution in [2.45, 2.75) is 19.9 Å². The van der Waals surface area contributed by atoms with Crippen LogP contribution in [0.25, 0.3) is 10.9 Å². The number of thiocarbonyl (C=S) groups is 1. The van der Waals surface area contributed by atoms with E-state index in [1.54, 1.807) is 0 Å². The monoisotopic (exact) mass is 406 g/mol. The van der Waals surface area contributed by atoms with Gasteiger partial charge in [0.2, 0.25) is 0 Å². The number of nitrogens with zero attached hydrogens (tertiary/aromatic N) is 2. The number of aromatic amines is 1. The van der Waals surface area contributed by atoms with Gasteiger partial charge in [0.15, 0.2) is 5.11 Å². The van der Waals surface area contributed by atoms with E-state index in [1.165, 1.54) is 0 Å². The minimum absolute atomic E-state index is 0.0422. The van der Waals surface area contributed by atoms with Crippen molar-refractivity contribution in [2.24, 2.45) is 0 Å². The van der Waals surface area contributed by atoms with Crippen molar-refractivity contribution in [1.82, 2.24) is 20.1 Å². The molecule has 2 aromatic rings. The maximum atomic E-state index is 12.5. The first kappa shape index (κ1) is 22.1. The number of aromatic nitrogens is 1. The van der Waals surface area contributed by atoms with Gasteiger partial charge in [-0.1, -0.05) is 0 Å². The lowest BCUT2D eigenvalue weighted by Crippen LogP contribution is -2.42. The number of fused-ring (bicyclic) bond motifs is 1. The third-order valence-corrected chi connectivity index (χ3v) is 4.68. The average molecular weight is 407 g/mol. The molecule has 0 fully saturated rings. The molecule has 2 rings (SSSR count). The number of aliphatic hydroxyl groups excluding tert-OH is 1. The summed E-state index contributed by atoms with van der Waals surface area (Å²) >= 11 is 5.47. The second kappa shape index (κ2) is 11.0. The lowest BCUT2D eigenvalue weighted by molar-refractivity contribution is 0.245. The summed E-state index contributed by atoms with van der Waals surface area (Å²) in [5.41, 5.74) is 1.19. The molecule has 0 spiro atoms. The lowest BCUT2D eigenvalue weighted by Gasteiger charge is -2.25. The molecule has 3 N–H and O–H groups in total. The molecule has 0 aliphatic heterocycles. The number of hydrogen-bond donors (Lipinski definition) is 3. The van der Waals surface area contributed by atoms with Crippen molar-refractivity contribution in [3.05, 3.63) is 40.2 Å². The van der Waals surface area contributed by atoms with Crippen LogP contribution in [0.4, 0.5) is 0 Å². The van der Waals surface area contributed by atoms with E-state index in [0.29, 0.717) is 30.4 Å². The molecule has 0 aliphatic carbocycles. The maximum Gasteiger partial charge on any atom is 0.253 e. The third kappa shape index (κ3) is 6.47. The number of benzene rings is 1. The summed E-state index contributed by atoms with van der Waals surface area (Å²) in [6, 6.07) is 7.45. The minimum atomic E-state index is -0.157. The number of hydrogen-bond acceptors (Lipinski definition) is 5. The van der Waals surface area contributed by atoms with Crippen molar-refractivity contribution >= 4 is 28.2 Å². The molecule has 0 bridgehead atoms. The summed E-state index contributed by atoms with van der Waals surface area (Å²) in [6.45, 7) is 4.86. The molecule has 0 saturated carbocycles. The Hall–Kier alpha value is -2.16. The Kier molecular flexibility index (Phi) is 8.69. The number of ether oxygens (including phenoxy) is 1. The highest BCUT2D eigenvalue weighted by Crippen LogP contribution is 2.19. The van der Waals surface area contributed by atoms with Gasteiger partial charge in [-0.25, -0.2) is 0 Å². The number of nitrogens with one attached hydrogen (secondary N) is 2. The number of H-pyrrole nitrogens is 1. The van der Waals surface area contributed by atoms with Crippen LogP contribution in [0, 0.1) is 0 Å². The Morgan fingerprint density at radius 2 is 2.07 bits per heavy atom. The van der Waals surface area contributed by atoms with Crippen molar-refractivity contribution in [3.8, 4) is 5.75 Å². The fraction of sp³-hybridized carbons (Fsp3) is 0.500. The zero-order valence-corrected chi connectivity index (χ0v) is 17.6. The van der Waals surface area contributed by atoms with E-state index in [0.717, 1.165) is 36.2 Å². The molecule has 0 amide bonds. The fourth-order valence-electron chi connectivity index (χ4n) is 2.88. The normalized spacial score (nSPS) is 11.0. The third-order valence-electron chi connectivity index (χ3n) is 4.28. The molecule has 7 nitrogen and oxygen atoms in total. The summed E-state index contributed by atoms with van der Waals surface area (Å²) < 4.78 is 5.54. The van der Waals surface area contributed by atoms with E-state index in [1.807, 2.05) is 50.2 Å². The maximum absolute atomic E-state index is 12.5. The Labute approximate surface area is 171 Å². The van der Waals surface area contributed by atoms with Crippen LogP contribution in [0.15, 0.2) is 29.1 Å². The largest absolute Gasteiger partial charge is 0.494 e. The van der Waals surface area contributed by atoms with E-state index >= 15 is 0 Å². The molecule has 28 heavy (non-hydrogen) atoms. The van der Waals surface area contributed by atoms with Crippen LogP contribution < -0.4 is 15.6 Å². The van der Waals surface area contributed by atoms with Crippen LogP contribution in [0.3, 0.4) is 0 Å². The van der Waals surface area contributed by atoms with Gasteiger partial charge >= 0.3 is 0 Å². The van der Waals surface area contributed by atoms with Gasteiger partial charge in [0.25, 0.3) is 5.56 Å². The highest BCUT2D eigenvalue weighted by Gasteiger charge is 2.13. The first-order valence-electron chi connectivity index (χ1n) is 9.51. The van der Waals surface area contributed by atoms with Gasteiger partial charge < -0.3 is 29.9 Å². The lowest BCUT2D eigenvalue weighted by atomic mass is 10.1. The predicted molar refractivity (Wildman–Crippen MR) is 117 cm³/mol. The minimum Gasteiger partial charge on any atom is -0.494 e. The first-order chi connectivity index (χ1) is 13.4. The number of pyridine rings is 1.